The monoisotopic (exact) mass is 413 g/mol. The molecular formula is C22H22F3N5. The van der Waals surface area contributed by atoms with Crippen LogP contribution < -0.4 is 5.32 Å². The van der Waals surface area contributed by atoms with Gasteiger partial charge in [0.1, 0.15) is 5.69 Å². The van der Waals surface area contributed by atoms with E-state index < -0.39 is 11.9 Å². The van der Waals surface area contributed by atoms with Gasteiger partial charge in [0.25, 0.3) is 0 Å². The van der Waals surface area contributed by atoms with Gasteiger partial charge in [-0.25, -0.2) is 15.0 Å². The molecule has 0 amide bonds. The summed E-state index contributed by atoms with van der Waals surface area (Å²) >= 11 is 0. The van der Waals surface area contributed by atoms with E-state index in [2.05, 4.69) is 33.3 Å². The lowest BCUT2D eigenvalue weighted by atomic mass is 9.90. The molecule has 0 saturated heterocycles. The molecule has 0 bridgehead atoms. The van der Waals surface area contributed by atoms with Crippen LogP contribution in [0.25, 0.3) is 11.3 Å². The highest BCUT2D eigenvalue weighted by Crippen LogP contribution is 2.30. The van der Waals surface area contributed by atoms with E-state index in [1.807, 2.05) is 35.9 Å². The van der Waals surface area contributed by atoms with Crippen LogP contribution in [-0.2, 0) is 6.18 Å². The minimum absolute atomic E-state index is 0.103. The van der Waals surface area contributed by atoms with Crippen LogP contribution in [0.5, 0.6) is 0 Å². The lowest BCUT2D eigenvalue weighted by Gasteiger charge is -2.16. The normalized spacial score (nSPS) is 17.0. The molecule has 156 valence electrons. The molecule has 1 aliphatic carbocycles. The number of halogens is 3. The minimum atomic E-state index is -4.52. The fourth-order valence-corrected chi connectivity index (χ4v) is 3.52. The van der Waals surface area contributed by atoms with Crippen molar-refractivity contribution >= 4 is 17.2 Å². The Hall–Kier alpha value is -3.16. The Balaban J connectivity index is 1.59. The Morgan fingerprint density at radius 3 is 2.73 bits per heavy atom. The van der Waals surface area contributed by atoms with Crippen LogP contribution in [0.15, 0.2) is 49.1 Å². The number of anilines is 2. The number of hydrogen-bond acceptors (Lipinski definition) is 4. The number of alkyl halides is 3. The summed E-state index contributed by atoms with van der Waals surface area (Å²) in [6.07, 6.45) is 5.83. The zero-order valence-electron chi connectivity index (χ0n) is 16.7. The summed E-state index contributed by atoms with van der Waals surface area (Å²) in [6, 6.07) is 6.50. The van der Waals surface area contributed by atoms with Crippen molar-refractivity contribution in [1.29, 1.82) is 0 Å². The first kappa shape index (κ1) is 20.1. The van der Waals surface area contributed by atoms with Gasteiger partial charge < -0.3 is 9.88 Å². The molecule has 0 saturated carbocycles. The fraction of sp³-hybridized carbons (Fsp3) is 0.318. The van der Waals surface area contributed by atoms with Crippen LogP contribution >= 0.6 is 0 Å². The van der Waals surface area contributed by atoms with Crippen molar-refractivity contribution in [2.75, 3.05) is 5.32 Å². The number of aromatic nitrogens is 4. The highest BCUT2D eigenvalue weighted by atomic mass is 19.4. The summed E-state index contributed by atoms with van der Waals surface area (Å²) in [4.78, 5) is 12.0. The topological polar surface area (TPSA) is 55.6 Å². The lowest BCUT2D eigenvalue weighted by molar-refractivity contribution is -0.141. The van der Waals surface area contributed by atoms with Crippen LogP contribution in [0.3, 0.4) is 0 Å². The zero-order valence-corrected chi connectivity index (χ0v) is 16.7. The molecule has 1 aliphatic rings. The van der Waals surface area contributed by atoms with E-state index in [-0.39, 0.29) is 5.95 Å². The molecule has 0 radical (unpaired) electrons. The first-order valence-electron chi connectivity index (χ1n) is 9.80. The molecule has 0 aliphatic heterocycles. The molecule has 5 nitrogen and oxygen atoms in total. The van der Waals surface area contributed by atoms with E-state index in [1.54, 1.807) is 6.33 Å². The Labute approximate surface area is 172 Å². The maximum Gasteiger partial charge on any atom is 0.433 e. The first-order valence-corrected chi connectivity index (χ1v) is 9.80. The molecule has 4 rings (SSSR count). The van der Waals surface area contributed by atoms with E-state index in [0.29, 0.717) is 11.6 Å². The van der Waals surface area contributed by atoms with Gasteiger partial charge in [-0.15, -0.1) is 0 Å². The smallest absolute Gasteiger partial charge is 0.324 e. The number of rotatable bonds is 4. The van der Waals surface area contributed by atoms with Crippen LogP contribution in [0.1, 0.15) is 43.1 Å². The first-order chi connectivity index (χ1) is 14.3. The van der Waals surface area contributed by atoms with Gasteiger partial charge in [0, 0.05) is 23.8 Å². The summed E-state index contributed by atoms with van der Waals surface area (Å²) in [5, 5.41) is 2.88. The number of benzene rings is 1. The molecule has 1 unspecified atom stereocenters. The van der Waals surface area contributed by atoms with Gasteiger partial charge in [0.2, 0.25) is 5.95 Å². The predicted octanol–water partition coefficient (Wildman–Crippen LogP) is 5.94. The molecular weight excluding hydrogens is 391 g/mol. The molecule has 1 N–H and O–H groups in total. The minimum Gasteiger partial charge on any atom is -0.324 e. The van der Waals surface area contributed by atoms with Gasteiger partial charge in [-0.1, -0.05) is 13.0 Å². The second-order valence-corrected chi connectivity index (χ2v) is 7.72. The van der Waals surface area contributed by atoms with Crippen molar-refractivity contribution < 1.29 is 13.2 Å². The van der Waals surface area contributed by atoms with Crippen molar-refractivity contribution in [1.82, 2.24) is 19.5 Å². The zero-order chi connectivity index (χ0) is 21.3. The number of nitrogens with one attached hydrogen (secondary N) is 1. The number of allylic oxidation sites excluding steroid dienone is 2. The van der Waals surface area contributed by atoms with Crippen molar-refractivity contribution in [2.45, 2.75) is 39.3 Å². The Kier molecular flexibility index (Phi) is 5.32. The average molecular weight is 413 g/mol. The van der Waals surface area contributed by atoms with Crippen molar-refractivity contribution in [3.05, 3.63) is 66.0 Å². The second-order valence-electron chi connectivity index (χ2n) is 7.72. The average Bonchev–Trinajstić information content (AvgIpc) is 3.18. The van der Waals surface area contributed by atoms with Crippen molar-refractivity contribution in [2.24, 2.45) is 5.92 Å². The number of aryl methyl sites for hydroxylation is 1. The van der Waals surface area contributed by atoms with Gasteiger partial charge >= 0.3 is 6.18 Å². The Morgan fingerprint density at radius 1 is 1.17 bits per heavy atom. The third-order valence-electron chi connectivity index (χ3n) is 5.15. The number of hydrogen-bond donors (Lipinski definition) is 1. The summed E-state index contributed by atoms with van der Waals surface area (Å²) in [5.74, 6) is 0.605. The quantitative estimate of drug-likeness (QED) is 0.575. The van der Waals surface area contributed by atoms with Gasteiger partial charge in [-0.05, 0) is 67.5 Å². The maximum atomic E-state index is 12.9. The number of nitrogens with zero attached hydrogens (tertiary/aromatic N) is 4. The molecule has 1 atom stereocenters. The van der Waals surface area contributed by atoms with Gasteiger partial charge in [0.05, 0.1) is 12.0 Å². The SMILES string of the molecule is Cc1cc(Nc2nccc(C(F)(F)F)n2)cc(-n2cnc(C3=CCC(C)CC3)c2)c1. The number of imidazole rings is 1. The van der Waals surface area contributed by atoms with Crippen LogP contribution in [0, 0.1) is 12.8 Å². The molecule has 3 aromatic rings. The fourth-order valence-electron chi connectivity index (χ4n) is 3.52. The van der Waals surface area contributed by atoms with E-state index in [1.165, 1.54) is 5.57 Å². The molecule has 30 heavy (non-hydrogen) atoms. The Bertz CT molecular complexity index is 1080. The highest BCUT2D eigenvalue weighted by Gasteiger charge is 2.32. The van der Waals surface area contributed by atoms with E-state index in [0.717, 1.165) is 48.5 Å². The van der Waals surface area contributed by atoms with Crippen molar-refractivity contribution in [3.8, 4) is 5.69 Å². The summed E-state index contributed by atoms with van der Waals surface area (Å²) in [5.41, 5.74) is 3.64. The standard InChI is InChI=1S/C22H22F3N5/c1-14-3-5-16(6-4-14)19-12-30(13-27-19)18-10-15(2)9-17(11-18)28-21-26-8-7-20(29-21)22(23,24)25/h5,7-14H,3-4,6H2,1-2H3,(H,26,28,29). The van der Waals surface area contributed by atoms with Gasteiger partial charge in [0.15, 0.2) is 0 Å². The van der Waals surface area contributed by atoms with Gasteiger partial charge in [-0.3, -0.25) is 0 Å². The molecule has 8 heteroatoms. The van der Waals surface area contributed by atoms with Gasteiger partial charge in [-0.2, -0.15) is 13.2 Å². The highest BCUT2D eigenvalue weighted by molar-refractivity contribution is 5.64. The largest absolute Gasteiger partial charge is 0.433 e. The predicted molar refractivity (Wildman–Crippen MR) is 110 cm³/mol. The van der Waals surface area contributed by atoms with Crippen molar-refractivity contribution in [3.63, 3.8) is 0 Å². The third kappa shape index (κ3) is 4.53. The van der Waals surface area contributed by atoms with E-state index >= 15 is 0 Å². The van der Waals surface area contributed by atoms with Crippen LogP contribution in [0.4, 0.5) is 24.8 Å². The summed E-state index contributed by atoms with van der Waals surface area (Å²) in [7, 11) is 0. The molecule has 0 fully saturated rings. The second kappa shape index (κ2) is 7.93. The molecule has 1 aromatic carbocycles. The summed E-state index contributed by atoms with van der Waals surface area (Å²) < 4.78 is 40.6. The molecule has 2 aromatic heterocycles. The van der Waals surface area contributed by atoms with Crippen LogP contribution in [0.2, 0.25) is 0 Å². The Morgan fingerprint density at radius 2 is 2.00 bits per heavy atom. The van der Waals surface area contributed by atoms with Crippen LogP contribution in [-0.4, -0.2) is 19.5 Å². The maximum absolute atomic E-state index is 12.9. The van der Waals surface area contributed by atoms with E-state index in [9.17, 15) is 13.2 Å². The lowest BCUT2D eigenvalue weighted by Crippen LogP contribution is -2.10. The third-order valence-corrected chi connectivity index (χ3v) is 5.15. The van der Waals surface area contributed by atoms with E-state index in [4.69, 9.17) is 0 Å². The molecule has 0 spiro atoms. The summed E-state index contributed by atoms with van der Waals surface area (Å²) in [6.45, 7) is 4.17. The molecule has 2 heterocycles.